The topological polar surface area (TPSA) is 174 Å². The SMILES string of the molecule is C=CCNC(=O)C(O)[C@H](CCCC)NC(=O)[C@@H]1[C@@H](C(C)C)CCN1C(=O)[C@@H](NC(=O)NC1([C@@H]2CCS2(=O)=O)CCCCC1)C(C)(C)C. The molecule has 1 unspecified atom stereocenters. The van der Waals surface area contributed by atoms with Gasteiger partial charge in [-0.3, -0.25) is 14.4 Å². The minimum Gasteiger partial charge on any atom is -0.381 e. The highest BCUT2D eigenvalue weighted by molar-refractivity contribution is 7.93. The third-order valence-electron chi connectivity index (χ3n) is 10.3. The molecule has 0 aromatic rings. The van der Waals surface area contributed by atoms with Crippen molar-refractivity contribution in [3.63, 3.8) is 0 Å². The van der Waals surface area contributed by atoms with Gasteiger partial charge in [0.15, 0.2) is 15.9 Å². The van der Waals surface area contributed by atoms with E-state index in [0.29, 0.717) is 45.1 Å². The van der Waals surface area contributed by atoms with Crippen molar-refractivity contribution in [2.75, 3.05) is 18.8 Å². The summed E-state index contributed by atoms with van der Waals surface area (Å²) in [5.74, 6) is -1.46. The number of hydrogen-bond donors (Lipinski definition) is 5. The third kappa shape index (κ3) is 9.28. The summed E-state index contributed by atoms with van der Waals surface area (Å²) in [6.07, 6.45) is 6.71. The summed E-state index contributed by atoms with van der Waals surface area (Å²) in [7, 11) is -3.29. The van der Waals surface area contributed by atoms with Crippen LogP contribution in [0.5, 0.6) is 0 Å². The van der Waals surface area contributed by atoms with Crippen LogP contribution in [0.15, 0.2) is 12.7 Å². The average molecular weight is 682 g/mol. The Kier molecular flexibility index (Phi) is 13.3. The summed E-state index contributed by atoms with van der Waals surface area (Å²) in [4.78, 5) is 56.2. The number of likely N-dealkylation sites (tertiary alicyclic amines) is 1. The van der Waals surface area contributed by atoms with Gasteiger partial charge >= 0.3 is 6.03 Å². The molecule has 12 nitrogen and oxygen atoms in total. The molecule has 13 heteroatoms. The van der Waals surface area contributed by atoms with Crippen LogP contribution < -0.4 is 21.3 Å². The van der Waals surface area contributed by atoms with Crippen LogP contribution in [0, 0.1) is 17.3 Å². The Morgan fingerprint density at radius 2 is 1.72 bits per heavy atom. The quantitative estimate of drug-likeness (QED) is 0.175. The molecule has 1 aliphatic carbocycles. The molecule has 3 aliphatic rings. The van der Waals surface area contributed by atoms with Gasteiger partial charge < -0.3 is 31.3 Å². The minimum atomic E-state index is -3.29. The molecule has 5 N–H and O–H groups in total. The number of sulfone groups is 1. The van der Waals surface area contributed by atoms with Gasteiger partial charge in [0.2, 0.25) is 11.8 Å². The van der Waals surface area contributed by atoms with Gasteiger partial charge in [-0.25, -0.2) is 13.2 Å². The Balaban J connectivity index is 1.85. The summed E-state index contributed by atoms with van der Waals surface area (Å²) >= 11 is 0. The first-order valence-corrected chi connectivity index (χ1v) is 19.2. The highest BCUT2D eigenvalue weighted by Crippen LogP contribution is 2.41. The number of carbonyl (C=O) groups is 4. The molecule has 2 heterocycles. The van der Waals surface area contributed by atoms with Crippen molar-refractivity contribution in [1.29, 1.82) is 0 Å². The number of nitrogens with zero attached hydrogens (tertiary/aromatic N) is 1. The molecule has 6 atom stereocenters. The number of carbonyl (C=O) groups excluding carboxylic acids is 4. The van der Waals surface area contributed by atoms with Crippen molar-refractivity contribution in [3.8, 4) is 0 Å². The zero-order valence-corrected chi connectivity index (χ0v) is 30.1. The van der Waals surface area contributed by atoms with E-state index in [9.17, 15) is 32.7 Å². The number of rotatable bonds is 14. The predicted molar refractivity (Wildman–Crippen MR) is 182 cm³/mol. The van der Waals surface area contributed by atoms with Gasteiger partial charge in [0.1, 0.15) is 12.1 Å². The molecule has 2 aliphatic heterocycles. The van der Waals surface area contributed by atoms with Crippen LogP contribution in [0.1, 0.15) is 106 Å². The van der Waals surface area contributed by atoms with Crippen LogP contribution in [0.2, 0.25) is 0 Å². The van der Waals surface area contributed by atoms with E-state index in [-0.39, 0.29) is 24.1 Å². The lowest BCUT2D eigenvalue weighted by Gasteiger charge is -2.47. The maximum Gasteiger partial charge on any atom is 0.315 e. The van der Waals surface area contributed by atoms with Gasteiger partial charge in [-0.1, -0.05) is 79.7 Å². The van der Waals surface area contributed by atoms with Gasteiger partial charge in [0, 0.05) is 13.1 Å². The molecule has 0 radical (unpaired) electrons. The highest BCUT2D eigenvalue weighted by atomic mass is 32.2. The number of aliphatic hydroxyl groups is 1. The zero-order chi connectivity index (χ0) is 35.2. The van der Waals surface area contributed by atoms with Gasteiger partial charge in [-0.2, -0.15) is 0 Å². The molecule has 0 bridgehead atoms. The molecule has 47 heavy (non-hydrogen) atoms. The largest absolute Gasteiger partial charge is 0.381 e. The second-order valence-corrected chi connectivity index (χ2v) is 17.5. The first-order valence-electron chi connectivity index (χ1n) is 17.5. The van der Waals surface area contributed by atoms with Crippen LogP contribution >= 0.6 is 0 Å². The Morgan fingerprint density at radius 1 is 1.06 bits per heavy atom. The monoisotopic (exact) mass is 681 g/mol. The number of amides is 5. The lowest BCUT2D eigenvalue weighted by atomic mass is 9.78. The first-order chi connectivity index (χ1) is 22.0. The Bertz CT molecular complexity index is 1240. The summed E-state index contributed by atoms with van der Waals surface area (Å²) in [6, 6.07) is -3.31. The molecule has 0 aromatic carbocycles. The van der Waals surface area contributed by atoms with Gasteiger partial charge in [0.05, 0.1) is 22.6 Å². The van der Waals surface area contributed by atoms with E-state index in [1.54, 1.807) is 0 Å². The van der Waals surface area contributed by atoms with E-state index in [4.69, 9.17) is 0 Å². The zero-order valence-electron chi connectivity index (χ0n) is 29.3. The summed E-state index contributed by atoms with van der Waals surface area (Å²) < 4.78 is 25.4. The Morgan fingerprint density at radius 3 is 2.23 bits per heavy atom. The molecule has 5 amide bonds. The normalized spacial score (nSPS) is 25.5. The second-order valence-electron chi connectivity index (χ2n) is 15.2. The molecular weight excluding hydrogens is 622 g/mol. The van der Waals surface area contributed by atoms with Gasteiger partial charge in [-0.15, -0.1) is 6.58 Å². The second kappa shape index (κ2) is 16.2. The standard InChI is InChI=1S/C34H59N5O7S/c1-8-10-14-24(27(40)30(42)35-19-9-2)36-29(41)26-23(22(3)4)15-20-39(26)31(43)28(33(5,6)7)37-32(44)38-34(17-12-11-13-18-34)25-16-21-47(25,45)46/h9,22-28,40H,2,8,10-21H2,1,3-7H3,(H,35,42)(H,36,41)(H2,37,38,44)/t23-,24+,25+,26+,27?,28-/m1/s1. The molecule has 1 saturated carbocycles. The summed E-state index contributed by atoms with van der Waals surface area (Å²) in [5, 5.41) is 21.7. The number of aliphatic hydroxyl groups excluding tert-OH is 1. The van der Waals surface area contributed by atoms with Crippen molar-refractivity contribution < 1.29 is 32.7 Å². The van der Waals surface area contributed by atoms with E-state index in [0.717, 1.165) is 25.7 Å². The molecule has 3 rings (SSSR count). The minimum absolute atomic E-state index is 0.0541. The molecule has 0 spiro atoms. The van der Waals surface area contributed by atoms with E-state index < -0.39 is 74.0 Å². The van der Waals surface area contributed by atoms with Crippen molar-refractivity contribution in [2.45, 2.75) is 141 Å². The van der Waals surface area contributed by atoms with Crippen molar-refractivity contribution in [3.05, 3.63) is 12.7 Å². The number of urea groups is 1. The number of hydrogen-bond acceptors (Lipinski definition) is 7. The fourth-order valence-electron chi connectivity index (χ4n) is 7.52. The van der Waals surface area contributed by atoms with E-state index in [1.807, 2.05) is 41.5 Å². The van der Waals surface area contributed by atoms with Crippen LogP contribution in [-0.4, -0.2) is 96.0 Å². The van der Waals surface area contributed by atoms with E-state index in [1.165, 1.54) is 11.0 Å². The molecule has 3 fully saturated rings. The number of unbranched alkanes of at least 4 members (excludes halogenated alkanes) is 1. The molecule has 0 aromatic heterocycles. The third-order valence-corrected chi connectivity index (χ3v) is 12.7. The van der Waals surface area contributed by atoms with Crippen LogP contribution in [0.25, 0.3) is 0 Å². The maximum atomic E-state index is 14.4. The fourth-order valence-corrected chi connectivity index (χ4v) is 9.36. The fraction of sp³-hybridized carbons (Fsp3) is 0.824. The molecule has 268 valence electrons. The predicted octanol–water partition coefficient (Wildman–Crippen LogP) is 2.80. The summed E-state index contributed by atoms with van der Waals surface area (Å²) in [5.41, 5.74) is -1.60. The highest BCUT2D eigenvalue weighted by Gasteiger charge is 2.53. The lowest BCUT2D eigenvalue weighted by Crippen LogP contribution is -2.67. The average Bonchev–Trinajstić information content (AvgIpc) is 3.45. The first kappa shape index (κ1) is 38.8. The van der Waals surface area contributed by atoms with Crippen molar-refractivity contribution in [1.82, 2.24) is 26.2 Å². The summed E-state index contributed by atoms with van der Waals surface area (Å²) in [6.45, 7) is 15.6. The van der Waals surface area contributed by atoms with Gasteiger partial charge in [-0.05, 0) is 49.4 Å². The van der Waals surface area contributed by atoms with Gasteiger partial charge in [0.25, 0.3) is 5.91 Å². The lowest BCUT2D eigenvalue weighted by molar-refractivity contribution is -0.144. The number of nitrogens with one attached hydrogen (secondary N) is 4. The Hall–Kier alpha value is -2.67. The maximum absolute atomic E-state index is 14.4. The van der Waals surface area contributed by atoms with E-state index >= 15 is 0 Å². The van der Waals surface area contributed by atoms with Crippen LogP contribution in [-0.2, 0) is 24.2 Å². The van der Waals surface area contributed by atoms with Crippen molar-refractivity contribution >= 4 is 33.6 Å². The van der Waals surface area contributed by atoms with E-state index in [2.05, 4.69) is 27.8 Å². The molecular formula is C34H59N5O7S. The van der Waals surface area contributed by atoms with Crippen LogP contribution in [0.3, 0.4) is 0 Å². The smallest absolute Gasteiger partial charge is 0.315 e. The van der Waals surface area contributed by atoms with Crippen LogP contribution in [0.4, 0.5) is 4.79 Å². The van der Waals surface area contributed by atoms with Crippen molar-refractivity contribution in [2.24, 2.45) is 17.3 Å². The molecule has 2 saturated heterocycles. The Labute approximate surface area is 281 Å².